The van der Waals surface area contributed by atoms with Gasteiger partial charge in [-0.15, -0.1) is 0 Å². The molecule has 174 valence electrons. The number of Topliss-reactive ketones (excluding diaryl/α,β-unsaturated/α-hetero) is 1. The van der Waals surface area contributed by atoms with Crippen LogP contribution in [0.2, 0.25) is 5.02 Å². The normalized spacial score (nSPS) is 21.6. The number of carbonyl (C=O) groups excluding carboxylic acids is 3. The van der Waals surface area contributed by atoms with E-state index in [1.54, 1.807) is 12.1 Å². The van der Waals surface area contributed by atoms with Crippen molar-refractivity contribution in [2.45, 2.75) is 31.6 Å². The van der Waals surface area contributed by atoms with Gasteiger partial charge in [0.05, 0.1) is 12.8 Å². The van der Waals surface area contributed by atoms with Crippen molar-refractivity contribution in [1.29, 1.82) is 0 Å². The molecule has 1 aliphatic carbocycles. The van der Waals surface area contributed by atoms with Crippen LogP contribution < -0.4 is 16.0 Å². The first-order chi connectivity index (χ1) is 16.2. The number of amides is 1. The van der Waals surface area contributed by atoms with Gasteiger partial charge < -0.3 is 15.8 Å². The van der Waals surface area contributed by atoms with Crippen LogP contribution in [0.3, 0.4) is 0 Å². The van der Waals surface area contributed by atoms with E-state index < -0.39 is 23.1 Å². The first-order valence-electron chi connectivity index (χ1n) is 10.7. The largest absolute Gasteiger partial charge is 0.466 e. The molecule has 0 bridgehead atoms. The maximum Gasteiger partial charge on any atom is 0.339 e. The van der Waals surface area contributed by atoms with Crippen LogP contribution in [0.25, 0.3) is 0 Å². The Balaban J connectivity index is 1.93. The Kier molecular flexibility index (Phi) is 5.02. The van der Waals surface area contributed by atoms with Crippen LogP contribution >= 0.6 is 11.6 Å². The van der Waals surface area contributed by atoms with Crippen LogP contribution in [0.15, 0.2) is 59.1 Å². The van der Waals surface area contributed by atoms with E-state index in [4.69, 9.17) is 22.1 Å². The quantitative estimate of drug-likeness (QED) is 0.632. The number of ether oxygens (including phenoxy) is 1. The second-order valence-corrected chi connectivity index (χ2v) is 8.97. The third kappa shape index (κ3) is 2.84. The monoisotopic (exact) mass is 481 g/mol. The Morgan fingerprint density at radius 3 is 2.68 bits per heavy atom. The van der Waals surface area contributed by atoms with Gasteiger partial charge in [-0.25, -0.2) is 9.18 Å². The van der Waals surface area contributed by atoms with Gasteiger partial charge in [0.25, 0.3) is 0 Å². The number of nitrogens with zero attached hydrogens (tertiary/aromatic N) is 1. The second kappa shape index (κ2) is 7.70. The summed E-state index contributed by atoms with van der Waals surface area (Å²) in [7, 11) is 1.17. The van der Waals surface area contributed by atoms with Crippen molar-refractivity contribution in [2.75, 3.05) is 17.3 Å². The molecule has 0 fully saturated rings. The number of methoxy groups -OCH3 is 1. The molecule has 34 heavy (non-hydrogen) atoms. The van der Waals surface area contributed by atoms with Gasteiger partial charge in [-0.2, -0.15) is 0 Å². The summed E-state index contributed by atoms with van der Waals surface area (Å²) in [5.41, 5.74) is 6.82. The van der Waals surface area contributed by atoms with Crippen molar-refractivity contribution >= 4 is 40.6 Å². The first kappa shape index (κ1) is 22.2. The Hall–Kier alpha value is -3.65. The Labute approximate surface area is 200 Å². The van der Waals surface area contributed by atoms with E-state index in [-0.39, 0.29) is 39.9 Å². The van der Waals surface area contributed by atoms with E-state index >= 15 is 4.39 Å². The van der Waals surface area contributed by atoms with Gasteiger partial charge in [0.2, 0.25) is 5.91 Å². The van der Waals surface area contributed by atoms with Crippen LogP contribution in [-0.4, -0.2) is 24.8 Å². The number of esters is 1. The summed E-state index contributed by atoms with van der Waals surface area (Å²) in [4.78, 5) is 41.9. The van der Waals surface area contributed by atoms with Crippen LogP contribution in [0.1, 0.15) is 30.4 Å². The van der Waals surface area contributed by atoms with E-state index in [2.05, 4.69) is 5.32 Å². The minimum absolute atomic E-state index is 0.0169. The SMILES string of the molecule is COC(=O)C1=C(N)N(c2ccc(Cl)cc2F)C2=C(C(=O)CCC2)C12C(=O)Nc1ccc(C)cc12. The first-order valence-corrected chi connectivity index (χ1v) is 11.1. The van der Waals surface area contributed by atoms with Crippen molar-refractivity contribution in [3.05, 3.63) is 81.0 Å². The highest BCUT2D eigenvalue weighted by atomic mass is 35.5. The summed E-state index contributed by atoms with van der Waals surface area (Å²) in [6, 6.07) is 9.34. The van der Waals surface area contributed by atoms with Crippen molar-refractivity contribution in [3.8, 4) is 0 Å². The van der Waals surface area contributed by atoms with Crippen LogP contribution in [0, 0.1) is 12.7 Å². The molecule has 3 N–H and O–H groups in total. The lowest BCUT2D eigenvalue weighted by atomic mass is 9.63. The minimum atomic E-state index is -1.80. The van der Waals surface area contributed by atoms with Gasteiger partial charge in [0.1, 0.15) is 22.6 Å². The molecule has 5 rings (SSSR count). The van der Waals surface area contributed by atoms with E-state index in [9.17, 15) is 14.4 Å². The van der Waals surface area contributed by atoms with Gasteiger partial charge in [0.15, 0.2) is 5.78 Å². The number of carbonyl (C=O) groups is 3. The number of anilines is 2. The molecule has 0 radical (unpaired) electrons. The van der Waals surface area contributed by atoms with Crippen molar-refractivity contribution < 1.29 is 23.5 Å². The number of nitrogens with one attached hydrogen (secondary N) is 1. The van der Waals surface area contributed by atoms with Gasteiger partial charge in [0, 0.05) is 34.0 Å². The molecule has 0 aromatic heterocycles. The highest BCUT2D eigenvalue weighted by Crippen LogP contribution is 2.55. The van der Waals surface area contributed by atoms with Gasteiger partial charge in [-0.1, -0.05) is 29.3 Å². The maximum absolute atomic E-state index is 15.1. The zero-order valence-electron chi connectivity index (χ0n) is 18.5. The van der Waals surface area contributed by atoms with Crippen LogP contribution in [-0.2, 0) is 24.5 Å². The topological polar surface area (TPSA) is 102 Å². The fourth-order valence-corrected chi connectivity index (χ4v) is 5.42. The zero-order valence-corrected chi connectivity index (χ0v) is 19.3. The molecule has 2 aliphatic heterocycles. The number of hydrogen-bond acceptors (Lipinski definition) is 6. The lowest BCUT2D eigenvalue weighted by Gasteiger charge is -2.44. The minimum Gasteiger partial charge on any atom is -0.466 e. The molecule has 2 aromatic carbocycles. The average molecular weight is 482 g/mol. The zero-order chi connectivity index (χ0) is 24.4. The molecule has 7 nitrogen and oxygen atoms in total. The number of fused-ring (bicyclic) bond motifs is 3. The van der Waals surface area contributed by atoms with Gasteiger partial charge in [-0.3, -0.25) is 14.5 Å². The number of rotatable bonds is 2. The number of benzene rings is 2. The van der Waals surface area contributed by atoms with E-state index in [1.165, 1.54) is 24.1 Å². The number of nitrogens with two attached hydrogens (primary N) is 1. The van der Waals surface area contributed by atoms with Crippen molar-refractivity contribution in [2.24, 2.45) is 5.73 Å². The number of halogens is 2. The predicted octanol–water partition coefficient (Wildman–Crippen LogP) is 3.85. The molecular weight excluding hydrogens is 461 g/mol. The molecule has 9 heteroatoms. The smallest absolute Gasteiger partial charge is 0.339 e. The van der Waals surface area contributed by atoms with E-state index in [1.807, 2.05) is 13.0 Å². The van der Waals surface area contributed by atoms with Gasteiger partial charge >= 0.3 is 5.97 Å². The number of ketones is 1. The lowest BCUT2D eigenvalue weighted by Crippen LogP contribution is -2.53. The van der Waals surface area contributed by atoms with Crippen LogP contribution in [0.5, 0.6) is 0 Å². The molecule has 3 aliphatic rings. The van der Waals surface area contributed by atoms with Crippen molar-refractivity contribution in [1.82, 2.24) is 0 Å². The number of aryl methyl sites for hydroxylation is 1. The summed E-state index contributed by atoms with van der Waals surface area (Å²) in [5, 5.41) is 2.99. The molecule has 1 amide bonds. The second-order valence-electron chi connectivity index (χ2n) is 8.53. The standard InChI is InChI=1S/C25H21ClFN3O4/c1-12-6-8-16-14(10-12)25(24(33)29-16)20-18(4-3-5-19(20)31)30(22(28)21(25)23(32)34-2)17-9-7-13(26)11-15(17)27/h6-11H,3-5,28H2,1-2H3,(H,29,33). The summed E-state index contributed by atoms with van der Waals surface area (Å²) in [5.74, 6) is -2.63. The molecule has 0 saturated heterocycles. The Bertz CT molecular complexity index is 1370. The molecule has 1 unspecified atom stereocenters. The fraction of sp³-hybridized carbons (Fsp3) is 0.240. The summed E-state index contributed by atoms with van der Waals surface area (Å²) in [6.45, 7) is 1.85. The molecule has 2 aromatic rings. The molecule has 2 heterocycles. The summed E-state index contributed by atoms with van der Waals surface area (Å²) >= 11 is 5.95. The fourth-order valence-electron chi connectivity index (χ4n) is 5.26. The maximum atomic E-state index is 15.1. The molecule has 0 saturated carbocycles. The summed E-state index contributed by atoms with van der Waals surface area (Å²) < 4.78 is 20.2. The van der Waals surface area contributed by atoms with Crippen LogP contribution in [0.4, 0.5) is 15.8 Å². The predicted molar refractivity (Wildman–Crippen MR) is 124 cm³/mol. The average Bonchev–Trinajstić information content (AvgIpc) is 3.06. The Morgan fingerprint density at radius 2 is 1.97 bits per heavy atom. The number of allylic oxidation sites excluding steroid dienone is 1. The lowest BCUT2D eigenvalue weighted by molar-refractivity contribution is -0.138. The number of hydrogen-bond donors (Lipinski definition) is 2. The highest BCUT2D eigenvalue weighted by molar-refractivity contribution is 6.30. The molecular formula is C25H21ClFN3O4. The third-order valence-corrected chi connectivity index (χ3v) is 6.84. The van der Waals surface area contributed by atoms with Gasteiger partial charge in [-0.05, 0) is 44.0 Å². The molecule has 1 spiro atoms. The van der Waals surface area contributed by atoms with E-state index in [0.717, 1.165) is 11.6 Å². The van der Waals surface area contributed by atoms with E-state index in [0.29, 0.717) is 29.8 Å². The highest BCUT2D eigenvalue weighted by Gasteiger charge is 2.62. The van der Waals surface area contributed by atoms with Crippen molar-refractivity contribution in [3.63, 3.8) is 0 Å². The Morgan fingerprint density at radius 1 is 1.21 bits per heavy atom. The third-order valence-electron chi connectivity index (χ3n) is 6.61. The molecule has 1 atom stereocenters. The summed E-state index contributed by atoms with van der Waals surface area (Å²) in [6.07, 6.45) is 1.03.